The van der Waals surface area contributed by atoms with E-state index in [2.05, 4.69) is 32.8 Å². The van der Waals surface area contributed by atoms with Crippen LogP contribution in [-0.2, 0) is 17.6 Å². The number of amides is 1. The molecule has 2 saturated carbocycles. The van der Waals surface area contributed by atoms with Crippen molar-refractivity contribution in [1.82, 2.24) is 25.6 Å². The highest BCUT2D eigenvalue weighted by atomic mass is 35.5. The third kappa shape index (κ3) is 8.31. The lowest BCUT2D eigenvalue weighted by Crippen LogP contribution is -2.31. The third-order valence-electron chi connectivity index (χ3n) is 11.2. The highest BCUT2D eigenvalue weighted by Gasteiger charge is 2.39. The van der Waals surface area contributed by atoms with Crippen molar-refractivity contribution >= 4 is 50.9 Å². The number of H-pyrrole nitrogens is 1. The van der Waals surface area contributed by atoms with Crippen molar-refractivity contribution in [1.29, 1.82) is 5.26 Å². The second-order valence-electron chi connectivity index (χ2n) is 15.0. The number of rotatable bonds is 8. The van der Waals surface area contributed by atoms with Crippen LogP contribution in [0.25, 0.3) is 32.9 Å². The van der Waals surface area contributed by atoms with Gasteiger partial charge in [0.15, 0.2) is 5.82 Å². The molecule has 12 heteroatoms. The van der Waals surface area contributed by atoms with E-state index >= 15 is 4.39 Å². The summed E-state index contributed by atoms with van der Waals surface area (Å²) in [4.78, 5) is 23.1. The summed E-state index contributed by atoms with van der Waals surface area (Å²) in [7, 11) is 0. The van der Waals surface area contributed by atoms with Gasteiger partial charge in [0.2, 0.25) is 5.91 Å². The minimum Gasteiger partial charge on any atom is -0.403 e. The number of nitriles is 1. The zero-order chi connectivity index (χ0) is 38.6. The molecular weight excluding hydrogens is 734 g/mol. The first-order valence-corrected chi connectivity index (χ1v) is 19.9. The lowest BCUT2D eigenvalue weighted by atomic mass is 9.87. The zero-order valence-electron chi connectivity index (χ0n) is 31.0. The maximum Gasteiger partial charge on any atom is 0.226 e. The number of aromatic amines is 1. The Morgan fingerprint density at radius 1 is 1.11 bits per heavy atom. The van der Waals surface area contributed by atoms with Gasteiger partial charge in [0.05, 0.1) is 27.7 Å². The Bertz CT molecular complexity index is 2250. The van der Waals surface area contributed by atoms with E-state index in [1.54, 1.807) is 18.2 Å². The molecule has 286 valence electrons. The number of hydrogen-bond acceptors (Lipinski definition) is 7. The van der Waals surface area contributed by atoms with Crippen LogP contribution in [-0.4, -0.2) is 39.9 Å². The molecule has 2 aromatic heterocycles. The van der Waals surface area contributed by atoms with Crippen molar-refractivity contribution in [3.63, 3.8) is 0 Å². The van der Waals surface area contributed by atoms with E-state index < -0.39 is 5.82 Å². The predicted molar refractivity (Wildman–Crippen MR) is 218 cm³/mol. The molecule has 0 spiro atoms. The quantitative estimate of drug-likeness (QED) is 0.0783. The number of nitrogens with two attached hydrogens (primary N) is 2. The normalized spacial score (nSPS) is 20.0. The topological polar surface area (TPSA) is 149 Å². The molecule has 9 nitrogen and oxygen atoms in total. The number of allylic oxidation sites excluding steroid dienone is 1. The predicted octanol–water partition coefficient (Wildman–Crippen LogP) is 8.53. The molecule has 2 aliphatic carbocycles. The highest BCUT2D eigenvalue weighted by molar-refractivity contribution is 6.43. The van der Waals surface area contributed by atoms with Crippen molar-refractivity contribution < 1.29 is 9.18 Å². The Labute approximate surface area is 331 Å². The molecule has 2 bridgehead atoms. The summed E-state index contributed by atoms with van der Waals surface area (Å²) in [6, 6.07) is 22.2. The van der Waals surface area contributed by atoms with Crippen molar-refractivity contribution in [2.45, 2.75) is 76.8 Å². The lowest BCUT2D eigenvalue weighted by molar-refractivity contribution is -0.133. The molecule has 5 heterocycles. The molecule has 5 fully saturated rings. The van der Waals surface area contributed by atoms with Crippen molar-refractivity contribution in [2.24, 2.45) is 23.4 Å². The van der Waals surface area contributed by atoms with Crippen LogP contribution in [0.5, 0.6) is 0 Å². The minimum absolute atomic E-state index is 0.0117. The molecule has 55 heavy (non-hydrogen) atoms. The minimum atomic E-state index is -0.484. The van der Waals surface area contributed by atoms with Gasteiger partial charge in [-0.25, -0.2) is 9.37 Å². The monoisotopic (exact) mass is 780 g/mol. The number of aromatic nitrogens is 2. The molecule has 1 amide bonds. The molecule has 5 aromatic rings. The van der Waals surface area contributed by atoms with Gasteiger partial charge < -0.3 is 26.4 Å². The molecule has 1 unspecified atom stereocenters. The Morgan fingerprint density at radius 2 is 1.89 bits per heavy atom. The third-order valence-corrected chi connectivity index (χ3v) is 12.0. The summed E-state index contributed by atoms with van der Waals surface area (Å²) >= 11 is 12.8. The number of fused-ring (bicyclic) bond motifs is 4. The van der Waals surface area contributed by atoms with Gasteiger partial charge in [-0.3, -0.25) is 10.6 Å². The summed E-state index contributed by atoms with van der Waals surface area (Å²) in [5.74, 6) is 6.24. The van der Waals surface area contributed by atoms with Crippen molar-refractivity contribution in [3.8, 4) is 17.2 Å². The van der Waals surface area contributed by atoms with Crippen molar-refractivity contribution in [2.75, 3.05) is 13.1 Å². The number of pyridine rings is 1. The van der Waals surface area contributed by atoms with Gasteiger partial charge in [-0.05, 0) is 93.7 Å². The fourth-order valence-electron chi connectivity index (χ4n) is 8.04. The summed E-state index contributed by atoms with van der Waals surface area (Å²) in [5, 5.41) is 14.8. The van der Waals surface area contributed by atoms with Gasteiger partial charge in [-0.1, -0.05) is 65.7 Å². The van der Waals surface area contributed by atoms with E-state index in [9.17, 15) is 10.1 Å². The van der Waals surface area contributed by atoms with E-state index in [0.717, 1.165) is 72.9 Å². The van der Waals surface area contributed by atoms with Gasteiger partial charge in [-0.15, -0.1) is 0 Å². The zero-order valence-corrected chi connectivity index (χ0v) is 32.5. The van der Waals surface area contributed by atoms with Crippen LogP contribution in [0, 0.1) is 35.9 Å². The number of carbonyl (C=O) groups is 1. The maximum atomic E-state index is 16.3. The lowest BCUT2D eigenvalue weighted by Gasteiger charge is -2.24. The van der Waals surface area contributed by atoms with E-state index in [1.165, 1.54) is 31.1 Å². The molecule has 3 aliphatic heterocycles. The van der Waals surface area contributed by atoms with E-state index in [-0.39, 0.29) is 34.8 Å². The van der Waals surface area contributed by atoms with Gasteiger partial charge in [-0.2, -0.15) is 5.26 Å². The first-order valence-electron chi connectivity index (χ1n) is 19.1. The first kappa shape index (κ1) is 38.6. The SMILES string of the molecule is C1NC2CC1C2.Cc1nc2c(F)c(-c3cccc(Cl)c3Cl)c(CCC#N)cc2c2[nH]c(C3CCCN3C(=O)C3CC3)cc12.N/C=C(/Cc1ccccc1)NN. The van der Waals surface area contributed by atoms with Crippen molar-refractivity contribution in [3.05, 3.63) is 111 Å². The first-order chi connectivity index (χ1) is 26.7. The van der Waals surface area contributed by atoms with Gasteiger partial charge in [0.1, 0.15) is 5.52 Å². The summed E-state index contributed by atoms with van der Waals surface area (Å²) < 4.78 is 16.3. The van der Waals surface area contributed by atoms with E-state index in [4.69, 9.17) is 34.8 Å². The van der Waals surface area contributed by atoms with Crippen LogP contribution in [0.2, 0.25) is 10.0 Å². The van der Waals surface area contributed by atoms with Gasteiger partial charge in [0.25, 0.3) is 0 Å². The van der Waals surface area contributed by atoms with Crippen LogP contribution < -0.4 is 22.3 Å². The average Bonchev–Trinajstić information content (AvgIpc) is 3.58. The van der Waals surface area contributed by atoms with Crippen LogP contribution >= 0.6 is 23.2 Å². The summed E-state index contributed by atoms with van der Waals surface area (Å²) in [6.07, 6.45) is 9.58. The number of aryl methyl sites for hydroxylation is 2. The number of halogens is 3. The fraction of sp³-hybridized carbons (Fsp3) is 0.372. The Hall–Kier alpha value is -4.66. The molecule has 3 saturated heterocycles. The second kappa shape index (κ2) is 17.0. The average molecular weight is 782 g/mol. The number of nitrogens with one attached hydrogen (secondary N) is 3. The molecular formula is C43H47Cl2FN8O. The Balaban J connectivity index is 0.000000210. The molecule has 10 rings (SSSR count). The summed E-state index contributed by atoms with van der Waals surface area (Å²) in [6.45, 7) is 3.95. The van der Waals surface area contributed by atoms with E-state index in [0.29, 0.717) is 39.2 Å². The standard InChI is InChI=1S/C29H25Cl2FN4O.C9H13N3.C5H9N/c1-15-19-14-22(23-8-4-12-36(23)29(37)16-9-10-16)35-27(19)20-13-17(5-3-11-33)24(26(32)28(20)34-15)18-6-2-7-21(30)25(18)31;10-7-9(12-11)6-8-4-2-1-3-5-8;1-4-2-5(1)6-3-4/h2,6-7,13-14,16,23,35H,3-5,8-10,12H2,1H3;1-5,7,12H,6,10-11H2;4-6H,1-3H2/b;9-7-;. The molecule has 3 aromatic carbocycles. The highest BCUT2D eigenvalue weighted by Crippen LogP contribution is 2.43. The largest absolute Gasteiger partial charge is 0.403 e. The van der Waals surface area contributed by atoms with Gasteiger partial charge >= 0.3 is 0 Å². The number of hydrazine groups is 1. The molecule has 5 aliphatic rings. The Morgan fingerprint density at radius 3 is 2.53 bits per heavy atom. The second-order valence-corrected chi connectivity index (χ2v) is 15.8. The molecule has 7 N–H and O–H groups in total. The number of hydrogen-bond donors (Lipinski definition) is 5. The Kier molecular flexibility index (Phi) is 11.9. The van der Waals surface area contributed by atoms with Gasteiger partial charge in [0, 0.05) is 76.5 Å². The summed E-state index contributed by atoms with van der Waals surface area (Å²) in [5.41, 5.74) is 14.0. The van der Waals surface area contributed by atoms with E-state index in [1.807, 2.05) is 48.2 Å². The number of carbonyl (C=O) groups excluding carboxylic acids is 1. The fourth-order valence-corrected chi connectivity index (χ4v) is 8.44. The molecule has 1 atom stereocenters. The number of benzene rings is 3. The smallest absolute Gasteiger partial charge is 0.226 e. The van der Waals surface area contributed by atoms with Crippen LogP contribution in [0.1, 0.15) is 73.5 Å². The van der Waals surface area contributed by atoms with Crippen LogP contribution in [0.3, 0.4) is 0 Å². The number of nitrogens with zero attached hydrogens (tertiary/aromatic N) is 3. The number of likely N-dealkylation sites (tertiary alicyclic amines) is 1. The molecule has 0 radical (unpaired) electrons. The van der Waals surface area contributed by atoms with Crippen LogP contribution in [0.15, 0.2) is 72.6 Å². The van der Waals surface area contributed by atoms with Crippen LogP contribution in [0.4, 0.5) is 4.39 Å². The maximum absolute atomic E-state index is 16.3.